The Morgan fingerprint density at radius 3 is 2.88 bits per heavy atom. The summed E-state index contributed by atoms with van der Waals surface area (Å²) in [4.78, 5) is 0. The van der Waals surface area contributed by atoms with Crippen molar-refractivity contribution in [2.45, 2.75) is 20.0 Å². The normalized spacial score (nSPS) is 18.1. The summed E-state index contributed by atoms with van der Waals surface area (Å²) >= 11 is 0. The van der Waals surface area contributed by atoms with Gasteiger partial charge in [-0.1, -0.05) is 0 Å². The van der Waals surface area contributed by atoms with Gasteiger partial charge in [-0.25, -0.2) is 0 Å². The van der Waals surface area contributed by atoms with Crippen LogP contribution in [0.4, 0.5) is 11.4 Å². The van der Waals surface area contributed by atoms with E-state index in [1.54, 1.807) is 6.07 Å². The van der Waals surface area contributed by atoms with Gasteiger partial charge < -0.3 is 25.7 Å². The zero-order valence-corrected chi connectivity index (χ0v) is 10.2. The number of hydrogen-bond donors (Lipinski definition) is 2. The van der Waals surface area contributed by atoms with Gasteiger partial charge in [-0.3, -0.25) is 0 Å². The Balaban J connectivity index is 2.24. The van der Waals surface area contributed by atoms with Crippen LogP contribution in [0, 0.1) is 6.92 Å². The Morgan fingerprint density at radius 2 is 2.18 bits per heavy atom. The zero-order valence-electron chi connectivity index (χ0n) is 10.2. The molecule has 0 saturated carbocycles. The molecule has 0 amide bonds. The van der Waals surface area contributed by atoms with E-state index in [0.29, 0.717) is 42.7 Å². The van der Waals surface area contributed by atoms with Crippen LogP contribution in [0.15, 0.2) is 6.07 Å². The quantitative estimate of drug-likeness (QED) is 0.777. The van der Waals surface area contributed by atoms with Gasteiger partial charge in [0.2, 0.25) is 0 Å². The van der Waals surface area contributed by atoms with E-state index in [9.17, 15) is 0 Å². The van der Waals surface area contributed by atoms with Gasteiger partial charge in [-0.2, -0.15) is 0 Å². The highest BCUT2D eigenvalue weighted by molar-refractivity contribution is 5.74. The molecule has 2 rings (SSSR count). The first-order chi connectivity index (χ1) is 8.13. The zero-order chi connectivity index (χ0) is 12.4. The van der Waals surface area contributed by atoms with Gasteiger partial charge >= 0.3 is 0 Å². The lowest BCUT2D eigenvalue weighted by atomic mass is 10.1. The van der Waals surface area contributed by atoms with E-state index in [1.165, 1.54) is 0 Å². The van der Waals surface area contributed by atoms with Crippen molar-refractivity contribution < 1.29 is 14.2 Å². The number of nitrogen functional groups attached to an aromatic ring is 2. The third-order valence-corrected chi connectivity index (χ3v) is 2.72. The SMILES string of the molecule is CCOCC1COc2c(N)cc(C)c(N)c2O1. The van der Waals surface area contributed by atoms with Gasteiger partial charge in [0.25, 0.3) is 0 Å². The predicted molar refractivity (Wildman–Crippen MR) is 66.4 cm³/mol. The molecule has 1 aliphatic heterocycles. The van der Waals surface area contributed by atoms with E-state index >= 15 is 0 Å². The van der Waals surface area contributed by atoms with Crippen molar-refractivity contribution in [1.29, 1.82) is 0 Å². The molecule has 0 aliphatic carbocycles. The van der Waals surface area contributed by atoms with E-state index in [4.69, 9.17) is 25.7 Å². The van der Waals surface area contributed by atoms with Crippen LogP contribution >= 0.6 is 0 Å². The fraction of sp³-hybridized carbons (Fsp3) is 0.500. The molecule has 17 heavy (non-hydrogen) atoms. The first-order valence-electron chi connectivity index (χ1n) is 5.69. The van der Waals surface area contributed by atoms with Gasteiger partial charge in [0, 0.05) is 6.61 Å². The van der Waals surface area contributed by atoms with Crippen LogP contribution in [0.25, 0.3) is 0 Å². The number of aryl methyl sites for hydroxylation is 1. The predicted octanol–water partition coefficient (Wildman–Crippen LogP) is 1.34. The van der Waals surface area contributed by atoms with Crippen LogP contribution in [-0.4, -0.2) is 25.9 Å². The molecule has 1 heterocycles. The second kappa shape index (κ2) is 4.71. The maximum absolute atomic E-state index is 5.96. The summed E-state index contributed by atoms with van der Waals surface area (Å²) in [5.41, 5.74) is 13.9. The number of rotatable bonds is 3. The molecule has 94 valence electrons. The molecule has 0 aromatic heterocycles. The van der Waals surface area contributed by atoms with Crippen LogP contribution in [0.5, 0.6) is 11.5 Å². The smallest absolute Gasteiger partial charge is 0.187 e. The summed E-state index contributed by atoms with van der Waals surface area (Å²) in [7, 11) is 0. The van der Waals surface area contributed by atoms with Crippen molar-refractivity contribution in [3.63, 3.8) is 0 Å². The molecule has 1 aliphatic rings. The third kappa shape index (κ3) is 2.24. The molecular weight excluding hydrogens is 220 g/mol. The molecule has 4 N–H and O–H groups in total. The first-order valence-corrected chi connectivity index (χ1v) is 5.69. The Labute approximate surface area is 101 Å². The Hall–Kier alpha value is -1.62. The highest BCUT2D eigenvalue weighted by atomic mass is 16.6. The molecule has 1 aromatic carbocycles. The minimum atomic E-state index is -0.133. The van der Waals surface area contributed by atoms with Gasteiger partial charge in [-0.15, -0.1) is 0 Å². The molecular formula is C12H18N2O3. The second-order valence-electron chi connectivity index (χ2n) is 4.06. The fourth-order valence-corrected chi connectivity index (χ4v) is 1.78. The number of hydrogen-bond acceptors (Lipinski definition) is 5. The molecule has 1 aromatic rings. The maximum Gasteiger partial charge on any atom is 0.187 e. The molecule has 0 fully saturated rings. The van der Waals surface area contributed by atoms with Crippen molar-refractivity contribution >= 4 is 11.4 Å². The Morgan fingerprint density at radius 1 is 1.41 bits per heavy atom. The number of ether oxygens (including phenoxy) is 3. The van der Waals surface area contributed by atoms with Crippen molar-refractivity contribution in [2.24, 2.45) is 0 Å². The summed E-state index contributed by atoms with van der Waals surface area (Å²) in [6.45, 7) is 5.40. The molecule has 1 atom stereocenters. The summed E-state index contributed by atoms with van der Waals surface area (Å²) in [6.07, 6.45) is -0.133. The Bertz CT molecular complexity index is 421. The molecule has 0 saturated heterocycles. The van der Waals surface area contributed by atoms with E-state index in [0.717, 1.165) is 5.56 Å². The summed E-state index contributed by atoms with van der Waals surface area (Å²) in [5.74, 6) is 1.08. The van der Waals surface area contributed by atoms with Crippen molar-refractivity contribution in [2.75, 3.05) is 31.3 Å². The van der Waals surface area contributed by atoms with Crippen molar-refractivity contribution in [3.8, 4) is 11.5 Å². The average molecular weight is 238 g/mol. The van der Waals surface area contributed by atoms with Crippen LogP contribution < -0.4 is 20.9 Å². The van der Waals surface area contributed by atoms with E-state index in [1.807, 2.05) is 13.8 Å². The summed E-state index contributed by atoms with van der Waals surface area (Å²) in [6, 6.07) is 1.79. The topological polar surface area (TPSA) is 79.7 Å². The fourth-order valence-electron chi connectivity index (χ4n) is 1.78. The van der Waals surface area contributed by atoms with E-state index < -0.39 is 0 Å². The molecule has 5 nitrogen and oxygen atoms in total. The highest BCUT2D eigenvalue weighted by Gasteiger charge is 2.26. The lowest BCUT2D eigenvalue weighted by molar-refractivity contribution is 0.0136. The number of anilines is 2. The van der Waals surface area contributed by atoms with Gasteiger partial charge in [-0.05, 0) is 25.5 Å². The van der Waals surface area contributed by atoms with E-state index in [-0.39, 0.29) is 6.10 Å². The van der Waals surface area contributed by atoms with Crippen LogP contribution in [-0.2, 0) is 4.74 Å². The molecule has 5 heteroatoms. The van der Waals surface area contributed by atoms with Crippen LogP contribution in [0.3, 0.4) is 0 Å². The van der Waals surface area contributed by atoms with Crippen LogP contribution in [0.2, 0.25) is 0 Å². The standard InChI is InChI=1S/C12H18N2O3/c1-3-15-5-8-6-16-11-9(13)4-7(2)10(14)12(11)17-8/h4,8H,3,5-6,13-14H2,1-2H3. The van der Waals surface area contributed by atoms with Gasteiger partial charge in [0.15, 0.2) is 17.6 Å². The number of fused-ring (bicyclic) bond motifs is 1. The molecule has 0 radical (unpaired) electrons. The Kier molecular flexibility index (Phi) is 3.28. The third-order valence-electron chi connectivity index (χ3n) is 2.72. The van der Waals surface area contributed by atoms with Crippen LogP contribution in [0.1, 0.15) is 12.5 Å². The van der Waals surface area contributed by atoms with E-state index in [2.05, 4.69) is 0 Å². The number of benzene rings is 1. The minimum Gasteiger partial charge on any atom is -0.484 e. The minimum absolute atomic E-state index is 0.133. The maximum atomic E-state index is 5.96. The number of nitrogens with two attached hydrogens (primary N) is 2. The lowest BCUT2D eigenvalue weighted by Crippen LogP contribution is -2.34. The summed E-state index contributed by atoms with van der Waals surface area (Å²) < 4.78 is 16.7. The average Bonchev–Trinajstić information content (AvgIpc) is 2.33. The highest BCUT2D eigenvalue weighted by Crippen LogP contribution is 2.43. The van der Waals surface area contributed by atoms with Gasteiger partial charge in [0.1, 0.15) is 6.61 Å². The molecule has 0 bridgehead atoms. The second-order valence-corrected chi connectivity index (χ2v) is 4.06. The largest absolute Gasteiger partial charge is 0.484 e. The van der Waals surface area contributed by atoms with Gasteiger partial charge in [0.05, 0.1) is 18.0 Å². The molecule has 1 unspecified atom stereocenters. The summed E-state index contributed by atoms with van der Waals surface area (Å²) in [5, 5.41) is 0. The van der Waals surface area contributed by atoms with Crippen molar-refractivity contribution in [1.82, 2.24) is 0 Å². The molecule has 0 spiro atoms. The van der Waals surface area contributed by atoms with Crippen molar-refractivity contribution in [3.05, 3.63) is 11.6 Å². The monoisotopic (exact) mass is 238 g/mol. The first kappa shape index (κ1) is 11.9. The lowest BCUT2D eigenvalue weighted by Gasteiger charge is -2.28.